The quantitative estimate of drug-likeness (QED) is 0.630. The Hall–Kier alpha value is -2.76. The lowest BCUT2D eigenvalue weighted by atomic mass is 10.0. The molecule has 0 saturated carbocycles. The molecule has 0 unspecified atom stereocenters. The van der Waals surface area contributed by atoms with Gasteiger partial charge in [0.2, 0.25) is 5.91 Å². The fourth-order valence-electron chi connectivity index (χ4n) is 2.85. The minimum atomic E-state index is -0.652. The van der Waals surface area contributed by atoms with E-state index in [9.17, 15) is 9.59 Å². The van der Waals surface area contributed by atoms with Gasteiger partial charge in [-0.3, -0.25) is 4.79 Å². The van der Waals surface area contributed by atoms with E-state index >= 15 is 0 Å². The average molecular weight is 329 g/mol. The van der Waals surface area contributed by atoms with Crippen molar-refractivity contribution in [3.05, 3.63) is 42.7 Å². The molecule has 24 heavy (non-hydrogen) atoms. The molecule has 0 aliphatic heterocycles. The number of benzene rings is 1. The lowest BCUT2D eigenvalue weighted by molar-refractivity contribution is -0.138. The number of nitrogens with one attached hydrogen (secondary N) is 2. The summed E-state index contributed by atoms with van der Waals surface area (Å²) in [5.74, 6) is -0.925. The van der Waals surface area contributed by atoms with E-state index in [-0.39, 0.29) is 17.5 Å². The fourth-order valence-corrected chi connectivity index (χ4v) is 2.85. The van der Waals surface area contributed by atoms with Crippen molar-refractivity contribution in [1.82, 2.24) is 10.3 Å². The smallest absolute Gasteiger partial charge is 0.353 e. The molecule has 0 spiro atoms. The van der Waals surface area contributed by atoms with Crippen LogP contribution in [0.25, 0.3) is 10.9 Å². The minimum absolute atomic E-state index is 0.0228. The van der Waals surface area contributed by atoms with Crippen LogP contribution in [-0.4, -0.2) is 37.1 Å². The van der Waals surface area contributed by atoms with Crippen molar-refractivity contribution in [1.29, 1.82) is 0 Å². The van der Waals surface area contributed by atoms with Gasteiger partial charge in [-0.15, -0.1) is 0 Å². The van der Waals surface area contributed by atoms with Crippen molar-refractivity contribution in [3.8, 4) is 0 Å². The van der Waals surface area contributed by atoms with Gasteiger partial charge >= 0.3 is 5.97 Å². The summed E-state index contributed by atoms with van der Waals surface area (Å²) in [4.78, 5) is 29.2. The molecule has 0 radical (unpaired) electrons. The number of nitrogens with zero attached hydrogens (tertiary/aromatic N) is 1. The summed E-state index contributed by atoms with van der Waals surface area (Å²) in [7, 11) is 3.12. The summed E-state index contributed by atoms with van der Waals surface area (Å²) in [5, 5.41) is 3.58. The number of likely N-dealkylation sites (N-methyl/N-ethyl adjacent to an activating group) is 1. The van der Waals surface area contributed by atoms with Crippen LogP contribution in [0.3, 0.4) is 0 Å². The molecule has 0 saturated heterocycles. The van der Waals surface area contributed by atoms with Crippen molar-refractivity contribution in [2.75, 3.05) is 19.1 Å². The molecule has 1 atom stereocenters. The Labute approximate surface area is 141 Å². The summed E-state index contributed by atoms with van der Waals surface area (Å²) < 4.78 is 4.57. The summed E-state index contributed by atoms with van der Waals surface area (Å²) in [6.45, 7) is 7.47. The molecular weight excluding hydrogens is 306 g/mol. The number of aromatic amines is 1. The Morgan fingerprint density at radius 3 is 2.62 bits per heavy atom. The molecule has 0 fully saturated rings. The SMILES string of the molecule is C=C(NC(=O)[C@H](C(C)C)N(C)c1cccc2[nH]ccc12)C(=O)OC. The largest absolute Gasteiger partial charge is 0.464 e. The van der Waals surface area contributed by atoms with Gasteiger partial charge in [-0.25, -0.2) is 4.79 Å². The van der Waals surface area contributed by atoms with Crippen LogP contribution in [0.5, 0.6) is 0 Å². The molecule has 1 aromatic heterocycles. The fraction of sp³-hybridized carbons (Fsp3) is 0.333. The number of esters is 1. The minimum Gasteiger partial charge on any atom is -0.464 e. The van der Waals surface area contributed by atoms with Gasteiger partial charge in [-0.1, -0.05) is 26.5 Å². The number of fused-ring (bicyclic) bond motifs is 1. The van der Waals surface area contributed by atoms with Crippen LogP contribution in [0.15, 0.2) is 42.7 Å². The molecular formula is C18H23N3O3. The third kappa shape index (κ3) is 3.42. The number of ether oxygens (including phenoxy) is 1. The van der Waals surface area contributed by atoms with Crippen LogP contribution in [0.2, 0.25) is 0 Å². The molecule has 2 N–H and O–H groups in total. The number of hydrogen-bond acceptors (Lipinski definition) is 4. The second kappa shape index (κ2) is 7.21. The number of rotatable bonds is 6. The standard InChI is InChI=1S/C18H23N3O3/c1-11(2)16(17(22)20-12(3)18(23)24-5)21(4)15-8-6-7-14-13(15)9-10-19-14/h6-11,16,19H,3H2,1-2,4-5H3,(H,20,22)/t16-/m0/s1. The molecule has 1 amide bonds. The molecule has 0 aliphatic carbocycles. The normalized spacial score (nSPS) is 12.0. The van der Waals surface area contributed by atoms with Crippen molar-refractivity contribution in [2.24, 2.45) is 5.92 Å². The Kier molecular flexibility index (Phi) is 5.28. The van der Waals surface area contributed by atoms with Gasteiger partial charge in [0.15, 0.2) is 0 Å². The Morgan fingerprint density at radius 1 is 1.29 bits per heavy atom. The maximum absolute atomic E-state index is 12.7. The van der Waals surface area contributed by atoms with Crippen molar-refractivity contribution in [2.45, 2.75) is 19.9 Å². The zero-order chi connectivity index (χ0) is 17.9. The number of hydrogen-bond donors (Lipinski definition) is 2. The molecule has 1 heterocycles. The average Bonchev–Trinajstić information content (AvgIpc) is 3.01. The lowest BCUT2D eigenvalue weighted by Gasteiger charge is -2.32. The van der Waals surface area contributed by atoms with Crippen molar-refractivity contribution >= 4 is 28.5 Å². The molecule has 6 heteroatoms. The second-order valence-electron chi connectivity index (χ2n) is 5.98. The van der Waals surface area contributed by atoms with Crippen LogP contribution >= 0.6 is 0 Å². The summed E-state index contributed by atoms with van der Waals surface area (Å²) >= 11 is 0. The van der Waals surface area contributed by atoms with Gasteiger partial charge in [-0.05, 0) is 24.1 Å². The highest BCUT2D eigenvalue weighted by molar-refractivity contribution is 5.98. The third-order valence-electron chi connectivity index (χ3n) is 3.98. The van der Waals surface area contributed by atoms with E-state index in [2.05, 4.69) is 21.6 Å². The summed E-state index contributed by atoms with van der Waals surface area (Å²) in [6, 6.07) is 7.40. The first kappa shape index (κ1) is 17.6. The van der Waals surface area contributed by atoms with Gasteiger partial charge in [0.1, 0.15) is 11.7 Å². The monoisotopic (exact) mass is 329 g/mol. The number of amides is 1. The van der Waals surface area contributed by atoms with Crippen LogP contribution < -0.4 is 10.2 Å². The van der Waals surface area contributed by atoms with Gasteiger partial charge in [0, 0.05) is 29.8 Å². The Morgan fingerprint density at radius 2 is 2.00 bits per heavy atom. The predicted molar refractivity (Wildman–Crippen MR) is 94.6 cm³/mol. The highest BCUT2D eigenvalue weighted by Crippen LogP contribution is 2.28. The summed E-state index contributed by atoms with van der Waals surface area (Å²) in [6.07, 6.45) is 1.87. The second-order valence-corrected chi connectivity index (χ2v) is 5.98. The van der Waals surface area contributed by atoms with E-state index in [4.69, 9.17) is 0 Å². The lowest BCUT2D eigenvalue weighted by Crippen LogP contribution is -2.49. The van der Waals surface area contributed by atoms with Crippen molar-refractivity contribution in [3.63, 3.8) is 0 Å². The molecule has 6 nitrogen and oxygen atoms in total. The van der Waals surface area contributed by atoms with Crippen LogP contribution in [0.1, 0.15) is 13.8 Å². The van der Waals surface area contributed by atoms with Gasteiger partial charge in [0.05, 0.1) is 7.11 Å². The van der Waals surface area contributed by atoms with Crippen LogP contribution in [-0.2, 0) is 14.3 Å². The zero-order valence-electron chi connectivity index (χ0n) is 14.4. The highest BCUT2D eigenvalue weighted by atomic mass is 16.5. The molecule has 2 rings (SSSR count). The van der Waals surface area contributed by atoms with Gasteiger partial charge in [-0.2, -0.15) is 0 Å². The van der Waals surface area contributed by atoms with Crippen LogP contribution in [0, 0.1) is 5.92 Å². The predicted octanol–water partition coefficient (Wildman–Crippen LogP) is 2.43. The molecule has 1 aromatic carbocycles. The zero-order valence-corrected chi connectivity index (χ0v) is 14.4. The Balaban J connectivity index is 2.30. The Bertz CT molecular complexity index is 764. The number of H-pyrrole nitrogens is 1. The number of aromatic nitrogens is 1. The number of carbonyl (C=O) groups excluding carboxylic acids is 2. The molecule has 0 bridgehead atoms. The van der Waals surface area contributed by atoms with E-state index in [0.717, 1.165) is 16.6 Å². The van der Waals surface area contributed by atoms with Crippen LogP contribution in [0.4, 0.5) is 5.69 Å². The highest BCUT2D eigenvalue weighted by Gasteiger charge is 2.29. The van der Waals surface area contributed by atoms with E-state index in [0.29, 0.717) is 0 Å². The van der Waals surface area contributed by atoms with E-state index in [1.165, 1.54) is 7.11 Å². The topological polar surface area (TPSA) is 74.4 Å². The molecule has 2 aromatic rings. The van der Waals surface area contributed by atoms with E-state index in [1.54, 1.807) is 0 Å². The first-order chi connectivity index (χ1) is 11.4. The summed E-state index contributed by atoms with van der Waals surface area (Å²) in [5.41, 5.74) is 1.87. The third-order valence-corrected chi connectivity index (χ3v) is 3.98. The maximum atomic E-state index is 12.7. The van der Waals surface area contributed by atoms with Gasteiger partial charge < -0.3 is 19.9 Å². The number of carbonyl (C=O) groups is 2. The first-order valence-electron chi connectivity index (χ1n) is 7.73. The first-order valence-corrected chi connectivity index (χ1v) is 7.73. The molecule has 0 aliphatic rings. The number of anilines is 1. The van der Waals surface area contributed by atoms with E-state index < -0.39 is 12.0 Å². The number of methoxy groups -OCH3 is 1. The van der Waals surface area contributed by atoms with E-state index in [1.807, 2.05) is 56.3 Å². The molecule has 128 valence electrons. The van der Waals surface area contributed by atoms with Crippen molar-refractivity contribution < 1.29 is 14.3 Å². The maximum Gasteiger partial charge on any atom is 0.353 e. The van der Waals surface area contributed by atoms with Gasteiger partial charge in [0.25, 0.3) is 0 Å².